The summed E-state index contributed by atoms with van der Waals surface area (Å²) in [6, 6.07) is 0.745. The Balaban J connectivity index is 3.63. The van der Waals surface area contributed by atoms with Gasteiger partial charge in [-0.25, -0.2) is 0 Å². The maximum atomic E-state index is 5.28. The van der Waals surface area contributed by atoms with Crippen molar-refractivity contribution in [1.29, 1.82) is 0 Å². The highest BCUT2D eigenvalue weighted by molar-refractivity contribution is 6.60. The molecule has 0 fully saturated rings. The van der Waals surface area contributed by atoms with Crippen molar-refractivity contribution in [3.8, 4) is 0 Å². The molecular formula is C10H22O5Si. The van der Waals surface area contributed by atoms with Crippen LogP contribution in [0.3, 0.4) is 0 Å². The summed E-state index contributed by atoms with van der Waals surface area (Å²) >= 11 is 0. The Morgan fingerprint density at radius 2 is 1.62 bits per heavy atom. The average Bonchev–Trinajstić information content (AvgIpc) is 2.34. The molecule has 0 N–H and O–H groups in total. The third-order valence-electron chi connectivity index (χ3n) is 2.13. The second kappa shape index (κ2) is 9.80. The maximum absolute atomic E-state index is 5.28. The lowest BCUT2D eigenvalue weighted by Gasteiger charge is -2.23. The Morgan fingerprint density at radius 1 is 1.00 bits per heavy atom. The molecule has 96 valence electrons. The lowest BCUT2D eigenvalue weighted by atomic mass is 10.5. The summed E-state index contributed by atoms with van der Waals surface area (Å²) in [6.07, 6.45) is 4.28. The topological polar surface area (TPSA) is 46.2 Å². The van der Waals surface area contributed by atoms with Gasteiger partial charge in [0.25, 0.3) is 0 Å². The quantitative estimate of drug-likeness (QED) is 0.333. The average molecular weight is 250 g/mol. The number of methoxy groups -OCH3 is 1. The molecule has 0 aliphatic rings. The molecule has 0 radical (unpaired) electrons. The minimum absolute atomic E-state index is 0.562. The van der Waals surface area contributed by atoms with Gasteiger partial charge in [-0.2, -0.15) is 0 Å². The minimum atomic E-state index is -2.42. The van der Waals surface area contributed by atoms with E-state index in [0.29, 0.717) is 13.2 Å². The Morgan fingerprint density at radius 3 is 2.12 bits per heavy atom. The molecule has 0 rings (SSSR count). The van der Waals surface area contributed by atoms with Crippen molar-refractivity contribution in [2.24, 2.45) is 0 Å². The van der Waals surface area contributed by atoms with E-state index in [0.717, 1.165) is 12.5 Å². The van der Waals surface area contributed by atoms with Crippen LogP contribution in [0.4, 0.5) is 0 Å². The molecule has 0 saturated heterocycles. The summed E-state index contributed by atoms with van der Waals surface area (Å²) in [7, 11) is 4.05. The van der Waals surface area contributed by atoms with Gasteiger partial charge in [-0.3, -0.25) is 0 Å². The van der Waals surface area contributed by atoms with Crippen LogP contribution in [0.25, 0.3) is 0 Å². The molecule has 0 aliphatic heterocycles. The number of hydrogen-bond donors (Lipinski definition) is 0. The Kier molecular flexibility index (Phi) is 9.55. The highest BCUT2D eigenvalue weighted by Crippen LogP contribution is 2.14. The Labute approximate surface area is 98.7 Å². The zero-order valence-electron chi connectivity index (χ0n) is 10.5. The van der Waals surface area contributed by atoms with Crippen molar-refractivity contribution in [2.75, 3.05) is 41.7 Å². The van der Waals surface area contributed by atoms with Crippen LogP contribution in [0.5, 0.6) is 0 Å². The van der Waals surface area contributed by atoms with Crippen LogP contribution in [0, 0.1) is 0 Å². The molecule has 0 aliphatic carbocycles. The van der Waals surface area contributed by atoms with Gasteiger partial charge in [0.05, 0.1) is 19.5 Å². The lowest BCUT2D eigenvalue weighted by molar-refractivity contribution is 0.119. The van der Waals surface area contributed by atoms with Gasteiger partial charge < -0.3 is 22.8 Å². The number of rotatable bonds is 10. The zero-order chi connectivity index (χ0) is 12.3. The van der Waals surface area contributed by atoms with E-state index in [9.17, 15) is 0 Å². The molecule has 0 atom stereocenters. The lowest BCUT2D eigenvalue weighted by Crippen LogP contribution is -2.42. The first kappa shape index (κ1) is 15.6. The first-order chi connectivity index (χ1) is 7.74. The van der Waals surface area contributed by atoms with Crippen molar-refractivity contribution < 1.29 is 22.8 Å². The normalized spacial score (nSPS) is 12.2. The van der Waals surface area contributed by atoms with Crippen LogP contribution in [-0.2, 0) is 22.8 Å². The second-order valence-corrected chi connectivity index (χ2v) is 6.19. The Hall–Kier alpha value is -0.403. The van der Waals surface area contributed by atoms with Crippen LogP contribution in [0.15, 0.2) is 12.3 Å². The molecule has 0 aromatic heterocycles. The van der Waals surface area contributed by atoms with Gasteiger partial charge in [0.15, 0.2) is 0 Å². The second-order valence-electron chi connectivity index (χ2n) is 3.10. The van der Waals surface area contributed by atoms with Gasteiger partial charge in [-0.1, -0.05) is 0 Å². The SMILES string of the molecule is COCC=COCCC[Si](OC)(OC)OC. The van der Waals surface area contributed by atoms with Crippen molar-refractivity contribution in [2.45, 2.75) is 12.5 Å². The molecule has 6 heteroatoms. The molecule has 5 nitrogen and oxygen atoms in total. The van der Waals surface area contributed by atoms with E-state index in [1.165, 1.54) is 0 Å². The van der Waals surface area contributed by atoms with Gasteiger partial charge in [0.2, 0.25) is 0 Å². The Bertz CT molecular complexity index is 174. The van der Waals surface area contributed by atoms with Gasteiger partial charge in [-0.15, -0.1) is 0 Å². The highest BCUT2D eigenvalue weighted by Gasteiger charge is 2.36. The fraction of sp³-hybridized carbons (Fsp3) is 0.800. The monoisotopic (exact) mass is 250 g/mol. The summed E-state index contributed by atoms with van der Waals surface area (Å²) in [4.78, 5) is 0. The van der Waals surface area contributed by atoms with E-state index >= 15 is 0 Å². The smallest absolute Gasteiger partial charge is 0.500 e. The summed E-state index contributed by atoms with van der Waals surface area (Å²) in [5, 5.41) is 0. The first-order valence-electron chi connectivity index (χ1n) is 5.15. The summed E-state index contributed by atoms with van der Waals surface area (Å²) < 4.78 is 25.9. The number of hydrogen-bond acceptors (Lipinski definition) is 5. The van der Waals surface area contributed by atoms with E-state index in [2.05, 4.69) is 0 Å². The largest absolute Gasteiger partial charge is 0.501 e. The van der Waals surface area contributed by atoms with Gasteiger partial charge in [0, 0.05) is 34.5 Å². The molecule has 0 spiro atoms. The molecule has 0 aromatic rings. The van der Waals surface area contributed by atoms with E-state index in [-0.39, 0.29) is 0 Å². The number of ether oxygens (including phenoxy) is 2. The van der Waals surface area contributed by atoms with Crippen LogP contribution in [0.1, 0.15) is 6.42 Å². The van der Waals surface area contributed by atoms with Crippen LogP contribution >= 0.6 is 0 Å². The van der Waals surface area contributed by atoms with Crippen molar-refractivity contribution in [3.05, 3.63) is 12.3 Å². The molecule has 16 heavy (non-hydrogen) atoms. The van der Waals surface area contributed by atoms with Gasteiger partial charge in [0.1, 0.15) is 0 Å². The zero-order valence-corrected chi connectivity index (χ0v) is 11.5. The van der Waals surface area contributed by atoms with Crippen LogP contribution in [0.2, 0.25) is 6.04 Å². The summed E-state index contributed by atoms with van der Waals surface area (Å²) in [5.41, 5.74) is 0. The van der Waals surface area contributed by atoms with E-state index in [4.69, 9.17) is 22.8 Å². The predicted octanol–water partition coefficient (Wildman–Crippen LogP) is 1.43. The minimum Gasteiger partial charge on any atom is -0.501 e. The van der Waals surface area contributed by atoms with Crippen LogP contribution < -0.4 is 0 Å². The van der Waals surface area contributed by atoms with Crippen molar-refractivity contribution in [3.63, 3.8) is 0 Å². The first-order valence-corrected chi connectivity index (χ1v) is 7.09. The van der Waals surface area contributed by atoms with E-state index < -0.39 is 8.80 Å². The van der Waals surface area contributed by atoms with Gasteiger partial charge >= 0.3 is 8.80 Å². The molecule has 0 bridgehead atoms. The van der Waals surface area contributed by atoms with Gasteiger partial charge in [-0.05, 0) is 12.5 Å². The van der Waals surface area contributed by atoms with E-state index in [1.54, 1.807) is 34.7 Å². The highest BCUT2D eigenvalue weighted by atomic mass is 28.4. The third-order valence-corrected chi connectivity index (χ3v) is 4.97. The predicted molar refractivity (Wildman–Crippen MR) is 63.2 cm³/mol. The third kappa shape index (κ3) is 6.24. The molecular weight excluding hydrogens is 228 g/mol. The van der Waals surface area contributed by atoms with Crippen molar-refractivity contribution >= 4 is 8.80 Å². The molecule has 0 amide bonds. The molecule has 0 heterocycles. The van der Waals surface area contributed by atoms with E-state index in [1.807, 2.05) is 6.08 Å². The van der Waals surface area contributed by atoms with Crippen molar-refractivity contribution in [1.82, 2.24) is 0 Å². The maximum Gasteiger partial charge on any atom is 0.500 e. The van der Waals surface area contributed by atoms with Crippen LogP contribution in [-0.4, -0.2) is 50.5 Å². The molecule has 0 saturated carbocycles. The summed E-state index contributed by atoms with van der Waals surface area (Å²) in [5.74, 6) is 0. The fourth-order valence-electron chi connectivity index (χ4n) is 1.20. The molecule has 0 unspecified atom stereocenters. The fourth-order valence-corrected chi connectivity index (χ4v) is 2.89. The standard InChI is InChI=1S/C10H22O5Si/c1-11-7-5-8-15-9-6-10-16(12-2,13-3)14-4/h5,8H,6-7,9-10H2,1-4H3. The summed E-state index contributed by atoms with van der Waals surface area (Å²) in [6.45, 7) is 1.18. The molecule has 0 aromatic carbocycles.